The maximum Gasteiger partial charge on any atom is 0.315 e. The van der Waals surface area contributed by atoms with Crippen LogP contribution in [-0.4, -0.2) is 22.5 Å². The molecule has 0 aromatic carbocycles. The Hall–Kier alpha value is -1.49. The van der Waals surface area contributed by atoms with E-state index in [1.807, 2.05) is 13.0 Å². The SMILES string of the molecule is CCCC(C(=O)OCC)c1nc2cnccc2s1. The highest BCUT2D eigenvalue weighted by molar-refractivity contribution is 7.18. The lowest BCUT2D eigenvalue weighted by molar-refractivity contribution is -0.145. The van der Waals surface area contributed by atoms with Gasteiger partial charge in [0.1, 0.15) is 10.9 Å². The minimum atomic E-state index is -0.243. The van der Waals surface area contributed by atoms with E-state index in [2.05, 4.69) is 16.9 Å². The van der Waals surface area contributed by atoms with Crippen molar-refractivity contribution in [3.8, 4) is 0 Å². The zero-order valence-corrected chi connectivity index (χ0v) is 11.4. The first-order valence-corrected chi connectivity index (χ1v) is 6.95. The first-order valence-electron chi connectivity index (χ1n) is 6.13. The van der Waals surface area contributed by atoms with Gasteiger partial charge >= 0.3 is 5.97 Å². The average Bonchev–Trinajstić information content (AvgIpc) is 2.79. The maximum atomic E-state index is 11.9. The van der Waals surface area contributed by atoms with Crippen molar-refractivity contribution in [1.29, 1.82) is 0 Å². The molecule has 0 aliphatic rings. The van der Waals surface area contributed by atoms with E-state index in [0.29, 0.717) is 6.61 Å². The number of rotatable bonds is 5. The predicted molar refractivity (Wildman–Crippen MR) is 71.7 cm³/mol. The van der Waals surface area contributed by atoms with E-state index in [1.165, 1.54) is 0 Å². The van der Waals surface area contributed by atoms with Crippen LogP contribution in [0.4, 0.5) is 0 Å². The molecule has 0 aliphatic carbocycles. The summed E-state index contributed by atoms with van der Waals surface area (Å²) in [5, 5.41) is 0.832. The van der Waals surface area contributed by atoms with Gasteiger partial charge in [0.25, 0.3) is 0 Å². The van der Waals surface area contributed by atoms with Gasteiger partial charge in [-0.25, -0.2) is 4.98 Å². The molecule has 0 fully saturated rings. The third-order valence-electron chi connectivity index (χ3n) is 2.65. The van der Waals surface area contributed by atoms with Crippen molar-refractivity contribution in [2.24, 2.45) is 0 Å². The number of aromatic nitrogens is 2. The highest BCUT2D eigenvalue weighted by Crippen LogP contribution is 2.30. The van der Waals surface area contributed by atoms with Crippen molar-refractivity contribution >= 4 is 27.5 Å². The number of carbonyl (C=O) groups is 1. The van der Waals surface area contributed by atoms with Gasteiger partial charge in [0.05, 0.1) is 23.0 Å². The Morgan fingerprint density at radius 1 is 1.50 bits per heavy atom. The Bertz CT molecular complexity index is 506. The minimum absolute atomic E-state index is 0.175. The summed E-state index contributed by atoms with van der Waals surface area (Å²) in [7, 11) is 0. The van der Waals surface area contributed by atoms with E-state index in [4.69, 9.17) is 4.74 Å². The fraction of sp³-hybridized carbons (Fsp3) is 0.462. The lowest BCUT2D eigenvalue weighted by atomic mass is 10.1. The van der Waals surface area contributed by atoms with Crippen molar-refractivity contribution in [3.63, 3.8) is 0 Å². The predicted octanol–water partition coefficient (Wildman–Crippen LogP) is 3.14. The van der Waals surface area contributed by atoms with Crippen LogP contribution in [0.5, 0.6) is 0 Å². The van der Waals surface area contributed by atoms with E-state index < -0.39 is 0 Å². The van der Waals surface area contributed by atoms with E-state index in [0.717, 1.165) is 28.1 Å². The monoisotopic (exact) mass is 264 g/mol. The first-order chi connectivity index (χ1) is 8.76. The normalized spacial score (nSPS) is 12.6. The van der Waals surface area contributed by atoms with Crippen molar-refractivity contribution in [1.82, 2.24) is 9.97 Å². The quantitative estimate of drug-likeness (QED) is 0.778. The van der Waals surface area contributed by atoms with Gasteiger partial charge in [0.2, 0.25) is 0 Å². The van der Waals surface area contributed by atoms with E-state index in [9.17, 15) is 4.79 Å². The second-order valence-electron chi connectivity index (χ2n) is 3.99. The summed E-state index contributed by atoms with van der Waals surface area (Å²) in [6.45, 7) is 4.29. The molecule has 1 atom stereocenters. The summed E-state index contributed by atoms with van der Waals surface area (Å²) in [5.41, 5.74) is 0.850. The van der Waals surface area contributed by atoms with Crippen LogP contribution in [0.25, 0.3) is 10.2 Å². The smallest absolute Gasteiger partial charge is 0.315 e. The Morgan fingerprint density at radius 3 is 3.00 bits per heavy atom. The molecule has 4 nitrogen and oxygen atoms in total. The molecule has 0 N–H and O–H groups in total. The summed E-state index contributed by atoms with van der Waals surface area (Å²) in [4.78, 5) is 20.5. The summed E-state index contributed by atoms with van der Waals surface area (Å²) in [6.07, 6.45) is 5.16. The summed E-state index contributed by atoms with van der Waals surface area (Å²) < 4.78 is 6.18. The van der Waals surface area contributed by atoms with Gasteiger partial charge in [-0.2, -0.15) is 0 Å². The lowest BCUT2D eigenvalue weighted by Gasteiger charge is -2.11. The summed E-state index contributed by atoms with van der Waals surface area (Å²) >= 11 is 1.55. The molecule has 2 rings (SSSR count). The fourth-order valence-corrected chi connectivity index (χ4v) is 2.88. The van der Waals surface area contributed by atoms with Crippen LogP contribution in [-0.2, 0) is 9.53 Å². The number of esters is 1. The Morgan fingerprint density at radius 2 is 2.33 bits per heavy atom. The molecule has 96 valence electrons. The zero-order valence-electron chi connectivity index (χ0n) is 10.5. The molecule has 5 heteroatoms. The number of nitrogens with zero attached hydrogens (tertiary/aromatic N) is 2. The summed E-state index contributed by atoms with van der Waals surface area (Å²) in [6, 6.07) is 1.92. The van der Waals surface area contributed by atoms with Crippen LogP contribution in [0.15, 0.2) is 18.5 Å². The lowest BCUT2D eigenvalue weighted by Crippen LogP contribution is -2.15. The molecule has 0 saturated carbocycles. The van der Waals surface area contributed by atoms with Gasteiger partial charge < -0.3 is 4.74 Å². The van der Waals surface area contributed by atoms with Crippen molar-refractivity contribution < 1.29 is 9.53 Å². The van der Waals surface area contributed by atoms with Crippen molar-refractivity contribution in [3.05, 3.63) is 23.5 Å². The molecule has 0 radical (unpaired) electrons. The highest BCUT2D eigenvalue weighted by atomic mass is 32.1. The second kappa shape index (κ2) is 5.91. The van der Waals surface area contributed by atoms with Gasteiger partial charge in [-0.1, -0.05) is 13.3 Å². The van der Waals surface area contributed by atoms with Crippen LogP contribution in [0.1, 0.15) is 37.6 Å². The second-order valence-corrected chi connectivity index (χ2v) is 5.05. The number of hydrogen-bond acceptors (Lipinski definition) is 5. The molecule has 0 aliphatic heterocycles. The molecule has 0 bridgehead atoms. The molecular formula is C13H16N2O2S. The third kappa shape index (κ3) is 2.67. The van der Waals surface area contributed by atoms with Crippen LogP contribution < -0.4 is 0 Å². The Kier molecular flexibility index (Phi) is 4.25. The number of pyridine rings is 1. The Labute approximate surface area is 110 Å². The standard InChI is InChI=1S/C13H16N2O2S/c1-3-5-9(13(16)17-4-2)12-15-10-8-14-7-6-11(10)18-12/h6-9H,3-5H2,1-2H3. The van der Waals surface area contributed by atoms with Crippen LogP contribution >= 0.6 is 11.3 Å². The number of thiazole rings is 1. The van der Waals surface area contributed by atoms with Gasteiger partial charge in [0.15, 0.2) is 0 Å². The van der Waals surface area contributed by atoms with Crippen LogP contribution in [0.3, 0.4) is 0 Å². The van der Waals surface area contributed by atoms with E-state index >= 15 is 0 Å². The molecule has 18 heavy (non-hydrogen) atoms. The average molecular weight is 264 g/mol. The number of fused-ring (bicyclic) bond motifs is 1. The number of ether oxygens (including phenoxy) is 1. The third-order valence-corrected chi connectivity index (χ3v) is 3.80. The molecule has 2 heterocycles. The number of hydrogen-bond donors (Lipinski definition) is 0. The minimum Gasteiger partial charge on any atom is -0.465 e. The summed E-state index contributed by atoms with van der Waals surface area (Å²) in [5.74, 6) is -0.418. The maximum absolute atomic E-state index is 11.9. The topological polar surface area (TPSA) is 52.1 Å². The Balaban J connectivity index is 2.32. The molecule has 2 aromatic rings. The molecule has 0 saturated heterocycles. The highest BCUT2D eigenvalue weighted by Gasteiger charge is 2.24. The zero-order chi connectivity index (χ0) is 13.0. The van der Waals surface area contributed by atoms with Gasteiger partial charge in [-0.3, -0.25) is 9.78 Å². The van der Waals surface area contributed by atoms with Crippen molar-refractivity contribution in [2.75, 3.05) is 6.61 Å². The molecule has 1 unspecified atom stereocenters. The largest absolute Gasteiger partial charge is 0.465 e. The van der Waals surface area contributed by atoms with Gasteiger partial charge in [-0.15, -0.1) is 11.3 Å². The molecule has 0 spiro atoms. The van der Waals surface area contributed by atoms with E-state index in [-0.39, 0.29) is 11.9 Å². The molecular weight excluding hydrogens is 248 g/mol. The van der Waals surface area contributed by atoms with Crippen LogP contribution in [0, 0.1) is 0 Å². The first kappa shape index (κ1) is 13.0. The number of carbonyl (C=O) groups excluding carboxylic acids is 1. The van der Waals surface area contributed by atoms with E-state index in [1.54, 1.807) is 23.7 Å². The van der Waals surface area contributed by atoms with Crippen molar-refractivity contribution in [2.45, 2.75) is 32.6 Å². The van der Waals surface area contributed by atoms with Gasteiger partial charge in [-0.05, 0) is 19.4 Å². The molecule has 2 aromatic heterocycles. The fourth-order valence-electron chi connectivity index (χ4n) is 1.82. The van der Waals surface area contributed by atoms with Crippen LogP contribution in [0.2, 0.25) is 0 Å². The van der Waals surface area contributed by atoms with Gasteiger partial charge in [0, 0.05) is 6.20 Å². The molecule has 0 amide bonds.